The molecular weight excluding hydrogens is 274 g/mol. The van der Waals surface area contributed by atoms with Crippen molar-refractivity contribution in [2.24, 2.45) is 0 Å². The minimum absolute atomic E-state index is 0. The van der Waals surface area contributed by atoms with Crippen molar-refractivity contribution in [1.82, 2.24) is 13.9 Å². The summed E-state index contributed by atoms with van der Waals surface area (Å²) in [6.07, 6.45) is 5.60. The zero-order valence-corrected chi connectivity index (χ0v) is 12.6. The van der Waals surface area contributed by atoms with E-state index in [4.69, 9.17) is 0 Å². The molecule has 108 valence electrons. The van der Waals surface area contributed by atoms with Gasteiger partial charge in [0, 0.05) is 39.3 Å². The zero-order valence-electron chi connectivity index (χ0n) is 11.0. The smallest absolute Gasteiger partial charge is 0.282 e. The minimum atomic E-state index is -3.24. The Balaban J connectivity index is 0.00000162. The van der Waals surface area contributed by atoms with Gasteiger partial charge in [0.15, 0.2) is 0 Å². The first kappa shape index (κ1) is 16.2. The predicted molar refractivity (Wildman–Crippen MR) is 75.2 cm³/mol. The Kier molecular flexibility index (Phi) is 6.34. The summed E-state index contributed by atoms with van der Waals surface area (Å²) in [6, 6.07) is 0.212. The van der Waals surface area contributed by atoms with E-state index in [-0.39, 0.29) is 18.4 Å². The highest BCUT2D eigenvalue weighted by Gasteiger charge is 2.33. The molecule has 0 unspecified atom stereocenters. The maximum absolute atomic E-state index is 12.4. The Morgan fingerprint density at radius 1 is 1.11 bits per heavy atom. The van der Waals surface area contributed by atoms with Crippen LogP contribution in [0.2, 0.25) is 0 Å². The molecule has 7 heteroatoms. The van der Waals surface area contributed by atoms with Gasteiger partial charge in [0.25, 0.3) is 10.2 Å². The highest BCUT2D eigenvalue weighted by molar-refractivity contribution is 7.86. The van der Waals surface area contributed by atoms with E-state index in [1.807, 2.05) is 0 Å². The third-order valence-electron chi connectivity index (χ3n) is 3.86. The SMILES string of the molecule is CN(C1CCCCC1)S(=O)(=O)N1CCNCC1.Cl. The van der Waals surface area contributed by atoms with Crippen molar-refractivity contribution in [3.8, 4) is 0 Å². The second kappa shape index (κ2) is 7.05. The van der Waals surface area contributed by atoms with Gasteiger partial charge in [0.2, 0.25) is 0 Å². The van der Waals surface area contributed by atoms with Crippen molar-refractivity contribution < 1.29 is 8.42 Å². The van der Waals surface area contributed by atoms with Gasteiger partial charge in [-0.25, -0.2) is 0 Å². The first-order valence-electron chi connectivity index (χ1n) is 6.56. The van der Waals surface area contributed by atoms with Gasteiger partial charge in [-0.15, -0.1) is 12.4 Å². The molecule has 5 nitrogen and oxygen atoms in total. The number of nitrogens with zero attached hydrogens (tertiary/aromatic N) is 2. The van der Waals surface area contributed by atoms with Crippen molar-refractivity contribution in [2.45, 2.75) is 38.1 Å². The Labute approximate surface area is 116 Å². The van der Waals surface area contributed by atoms with Crippen molar-refractivity contribution >= 4 is 22.6 Å². The summed E-state index contributed by atoms with van der Waals surface area (Å²) < 4.78 is 28.0. The minimum Gasteiger partial charge on any atom is -0.314 e. The van der Waals surface area contributed by atoms with Gasteiger partial charge in [0.05, 0.1) is 0 Å². The van der Waals surface area contributed by atoms with Crippen LogP contribution in [-0.4, -0.2) is 56.3 Å². The lowest BCUT2D eigenvalue weighted by Crippen LogP contribution is -2.53. The highest BCUT2D eigenvalue weighted by Crippen LogP contribution is 2.24. The molecule has 0 aromatic rings. The zero-order chi connectivity index (χ0) is 12.3. The molecule has 1 heterocycles. The summed E-state index contributed by atoms with van der Waals surface area (Å²) in [5.41, 5.74) is 0. The van der Waals surface area contributed by atoms with Crippen LogP contribution in [0.25, 0.3) is 0 Å². The molecule has 0 spiro atoms. The average molecular weight is 298 g/mol. The molecule has 2 fully saturated rings. The fourth-order valence-electron chi connectivity index (χ4n) is 2.69. The molecule has 0 amide bonds. The maximum atomic E-state index is 12.4. The lowest BCUT2D eigenvalue weighted by Gasteiger charge is -2.36. The fourth-order valence-corrected chi connectivity index (χ4v) is 4.29. The largest absolute Gasteiger partial charge is 0.314 e. The van der Waals surface area contributed by atoms with Gasteiger partial charge in [-0.1, -0.05) is 19.3 Å². The van der Waals surface area contributed by atoms with Crippen LogP contribution in [0, 0.1) is 0 Å². The first-order chi connectivity index (χ1) is 8.12. The summed E-state index contributed by atoms with van der Waals surface area (Å²) in [4.78, 5) is 0. The summed E-state index contributed by atoms with van der Waals surface area (Å²) in [7, 11) is -1.49. The molecule has 0 aromatic heterocycles. The van der Waals surface area contributed by atoms with Crippen molar-refractivity contribution in [3.05, 3.63) is 0 Å². The van der Waals surface area contributed by atoms with Gasteiger partial charge >= 0.3 is 0 Å². The van der Waals surface area contributed by atoms with Crippen LogP contribution >= 0.6 is 12.4 Å². The number of rotatable bonds is 3. The van der Waals surface area contributed by atoms with Gasteiger partial charge < -0.3 is 5.32 Å². The molecule has 0 bridgehead atoms. The standard InChI is InChI=1S/C11H23N3O2S.ClH/c1-13(11-5-3-2-4-6-11)17(15,16)14-9-7-12-8-10-14;/h11-12H,2-10H2,1H3;1H. The third kappa shape index (κ3) is 3.57. The second-order valence-corrected chi connectivity index (χ2v) is 6.95. The van der Waals surface area contributed by atoms with Crippen LogP contribution in [0.4, 0.5) is 0 Å². The molecule has 1 aliphatic heterocycles. The van der Waals surface area contributed by atoms with E-state index in [2.05, 4.69) is 5.32 Å². The van der Waals surface area contributed by atoms with Gasteiger partial charge in [0.1, 0.15) is 0 Å². The molecular formula is C11H24ClN3O2S. The Morgan fingerprint density at radius 3 is 2.22 bits per heavy atom. The molecule has 1 saturated carbocycles. The molecule has 1 saturated heterocycles. The van der Waals surface area contributed by atoms with Gasteiger partial charge in [-0.3, -0.25) is 0 Å². The highest BCUT2D eigenvalue weighted by atomic mass is 35.5. The summed E-state index contributed by atoms with van der Waals surface area (Å²) in [5, 5.41) is 3.18. The molecule has 1 N–H and O–H groups in total. The summed E-state index contributed by atoms with van der Waals surface area (Å²) >= 11 is 0. The van der Waals surface area contributed by atoms with E-state index in [1.54, 1.807) is 15.7 Å². The Hall–Kier alpha value is 0.120. The topological polar surface area (TPSA) is 52.7 Å². The lowest BCUT2D eigenvalue weighted by atomic mass is 9.96. The lowest BCUT2D eigenvalue weighted by molar-refractivity contribution is 0.255. The normalized spacial score (nSPS) is 23.9. The predicted octanol–water partition coefficient (Wildman–Crippen LogP) is 0.823. The van der Waals surface area contributed by atoms with E-state index < -0.39 is 10.2 Å². The van der Waals surface area contributed by atoms with Crippen LogP contribution in [0.3, 0.4) is 0 Å². The van der Waals surface area contributed by atoms with E-state index >= 15 is 0 Å². The van der Waals surface area contributed by atoms with E-state index in [1.165, 1.54) is 6.42 Å². The van der Waals surface area contributed by atoms with Crippen LogP contribution in [0.15, 0.2) is 0 Å². The van der Waals surface area contributed by atoms with Gasteiger partial charge in [-0.2, -0.15) is 17.0 Å². The summed E-state index contributed by atoms with van der Waals surface area (Å²) in [6.45, 7) is 2.72. The molecule has 0 aromatic carbocycles. The number of halogens is 1. The maximum Gasteiger partial charge on any atom is 0.282 e. The molecule has 1 aliphatic carbocycles. The van der Waals surface area contributed by atoms with Crippen molar-refractivity contribution in [2.75, 3.05) is 33.2 Å². The molecule has 0 atom stereocenters. The quantitative estimate of drug-likeness (QED) is 0.839. The molecule has 0 radical (unpaired) electrons. The molecule has 18 heavy (non-hydrogen) atoms. The molecule has 2 aliphatic rings. The number of nitrogens with one attached hydrogen (secondary N) is 1. The monoisotopic (exact) mass is 297 g/mol. The number of hydrogen-bond donors (Lipinski definition) is 1. The van der Waals surface area contributed by atoms with E-state index in [0.717, 1.165) is 38.8 Å². The first-order valence-corrected chi connectivity index (χ1v) is 7.96. The second-order valence-electron chi connectivity index (χ2n) is 4.96. The van der Waals surface area contributed by atoms with Crippen LogP contribution < -0.4 is 5.32 Å². The molecule has 2 rings (SSSR count). The van der Waals surface area contributed by atoms with Crippen molar-refractivity contribution in [3.63, 3.8) is 0 Å². The van der Waals surface area contributed by atoms with E-state index in [0.29, 0.717) is 13.1 Å². The third-order valence-corrected chi connectivity index (χ3v) is 5.90. The Bertz CT molecular complexity index is 338. The van der Waals surface area contributed by atoms with Crippen LogP contribution in [0.5, 0.6) is 0 Å². The number of piperazine rings is 1. The summed E-state index contributed by atoms with van der Waals surface area (Å²) in [5.74, 6) is 0. The number of hydrogen-bond acceptors (Lipinski definition) is 3. The van der Waals surface area contributed by atoms with Crippen molar-refractivity contribution in [1.29, 1.82) is 0 Å². The fraction of sp³-hybridized carbons (Fsp3) is 1.00. The van der Waals surface area contributed by atoms with E-state index in [9.17, 15) is 8.42 Å². The van der Waals surface area contributed by atoms with Crippen LogP contribution in [-0.2, 0) is 10.2 Å². The average Bonchev–Trinajstić information content (AvgIpc) is 2.40. The van der Waals surface area contributed by atoms with Gasteiger partial charge in [-0.05, 0) is 12.8 Å². The van der Waals surface area contributed by atoms with Crippen LogP contribution in [0.1, 0.15) is 32.1 Å². The Morgan fingerprint density at radius 2 is 1.67 bits per heavy atom.